The van der Waals surface area contributed by atoms with Gasteiger partial charge in [0.15, 0.2) is 0 Å². The largest absolute Gasteiger partial charge is 0.456 e. The standard InChI is InChI=1S/C37H39N3O2/c1-37(2,3)30-18-16-29(17-19-30)34-32-14-7-8-15-33(32)40(35(34)36(41)42-26-27-10-5-4-6-11-27)25-28-12-9-13-31(24-28)39-22-20-38-21-23-39/h4-19,24,38H,20-23,25-26H2,1-3H3. The number of esters is 1. The van der Waals surface area contributed by atoms with Crippen molar-refractivity contribution in [1.82, 2.24) is 9.88 Å². The van der Waals surface area contributed by atoms with Gasteiger partial charge in [0.2, 0.25) is 0 Å². The molecular weight excluding hydrogens is 518 g/mol. The van der Waals surface area contributed by atoms with E-state index in [0.717, 1.165) is 59.3 Å². The number of nitrogens with one attached hydrogen (secondary N) is 1. The second-order valence-corrected chi connectivity index (χ2v) is 12.1. The number of rotatable bonds is 7. The van der Waals surface area contributed by atoms with Crippen LogP contribution in [-0.4, -0.2) is 36.7 Å². The maximum atomic E-state index is 14.1. The van der Waals surface area contributed by atoms with Gasteiger partial charge in [-0.2, -0.15) is 0 Å². The summed E-state index contributed by atoms with van der Waals surface area (Å²) in [6.07, 6.45) is 0. The molecule has 5 aromatic rings. The van der Waals surface area contributed by atoms with Crippen molar-refractivity contribution in [2.75, 3.05) is 31.1 Å². The van der Waals surface area contributed by atoms with Crippen LogP contribution in [0.5, 0.6) is 0 Å². The van der Waals surface area contributed by atoms with Gasteiger partial charge in [-0.25, -0.2) is 4.79 Å². The molecule has 0 saturated carbocycles. The Morgan fingerprint density at radius 2 is 1.50 bits per heavy atom. The summed E-state index contributed by atoms with van der Waals surface area (Å²) in [6.45, 7) is 11.4. The first kappa shape index (κ1) is 27.8. The molecule has 4 aromatic carbocycles. The molecular formula is C37H39N3O2. The Morgan fingerprint density at radius 1 is 0.810 bits per heavy atom. The number of piperazine rings is 1. The van der Waals surface area contributed by atoms with Crippen LogP contribution in [0.15, 0.2) is 103 Å². The molecule has 0 unspecified atom stereocenters. The minimum atomic E-state index is -0.316. The van der Waals surface area contributed by atoms with Gasteiger partial charge in [0, 0.05) is 54.9 Å². The average molecular weight is 558 g/mol. The quantitative estimate of drug-likeness (QED) is 0.212. The SMILES string of the molecule is CC(C)(C)c1ccc(-c2c(C(=O)OCc3ccccc3)n(Cc3cccc(N4CCNCC4)c3)c3ccccc23)cc1. The Morgan fingerprint density at radius 3 is 2.24 bits per heavy atom. The third-order valence-corrected chi connectivity index (χ3v) is 8.15. The predicted molar refractivity (Wildman–Crippen MR) is 172 cm³/mol. The number of carbonyl (C=O) groups excluding carboxylic acids is 1. The second-order valence-electron chi connectivity index (χ2n) is 12.1. The molecule has 6 rings (SSSR count). The van der Waals surface area contributed by atoms with Crippen LogP contribution < -0.4 is 10.2 Å². The van der Waals surface area contributed by atoms with Crippen molar-refractivity contribution >= 4 is 22.6 Å². The summed E-state index contributed by atoms with van der Waals surface area (Å²) in [4.78, 5) is 16.5. The summed E-state index contributed by atoms with van der Waals surface area (Å²) < 4.78 is 8.15. The highest BCUT2D eigenvalue weighted by molar-refractivity contribution is 6.08. The van der Waals surface area contributed by atoms with Crippen LogP contribution >= 0.6 is 0 Å². The van der Waals surface area contributed by atoms with E-state index >= 15 is 0 Å². The molecule has 0 bridgehead atoms. The van der Waals surface area contributed by atoms with E-state index in [9.17, 15) is 4.79 Å². The highest BCUT2D eigenvalue weighted by Crippen LogP contribution is 2.37. The van der Waals surface area contributed by atoms with E-state index in [1.54, 1.807) is 0 Å². The molecule has 1 aliphatic rings. The normalized spacial score (nSPS) is 13.8. The summed E-state index contributed by atoms with van der Waals surface area (Å²) in [5.74, 6) is -0.316. The van der Waals surface area contributed by atoms with E-state index in [1.807, 2.05) is 42.5 Å². The highest BCUT2D eigenvalue weighted by atomic mass is 16.5. The number of nitrogens with zero attached hydrogens (tertiary/aromatic N) is 2. The zero-order chi connectivity index (χ0) is 29.1. The first-order chi connectivity index (χ1) is 20.4. The molecule has 5 nitrogen and oxygen atoms in total. The molecule has 0 amide bonds. The third kappa shape index (κ3) is 5.83. The maximum Gasteiger partial charge on any atom is 0.355 e. The lowest BCUT2D eigenvalue weighted by Crippen LogP contribution is -2.43. The molecule has 5 heteroatoms. The van der Waals surface area contributed by atoms with Gasteiger partial charge in [-0.15, -0.1) is 0 Å². The number of hydrogen-bond acceptors (Lipinski definition) is 4. The molecule has 1 saturated heterocycles. The summed E-state index contributed by atoms with van der Waals surface area (Å²) in [7, 11) is 0. The number of fused-ring (bicyclic) bond motifs is 1. The van der Waals surface area contributed by atoms with Crippen LogP contribution in [0.3, 0.4) is 0 Å². The number of hydrogen-bond donors (Lipinski definition) is 1. The first-order valence-corrected chi connectivity index (χ1v) is 14.9. The second kappa shape index (κ2) is 11.9. The number of aromatic nitrogens is 1. The van der Waals surface area contributed by atoms with Crippen LogP contribution in [0, 0.1) is 0 Å². The lowest BCUT2D eigenvalue weighted by molar-refractivity contribution is 0.0462. The van der Waals surface area contributed by atoms with E-state index in [2.05, 4.69) is 96.2 Å². The van der Waals surface area contributed by atoms with Crippen LogP contribution in [0.1, 0.15) is 48.0 Å². The van der Waals surface area contributed by atoms with Gasteiger partial charge in [0.05, 0.1) is 0 Å². The van der Waals surface area contributed by atoms with Crippen molar-refractivity contribution in [3.63, 3.8) is 0 Å². The molecule has 1 aromatic heterocycles. The van der Waals surface area contributed by atoms with Gasteiger partial charge in [0.25, 0.3) is 0 Å². The number of para-hydroxylation sites is 1. The van der Waals surface area contributed by atoms with E-state index in [4.69, 9.17) is 4.74 Å². The Bertz CT molecular complexity index is 1670. The lowest BCUT2D eigenvalue weighted by Gasteiger charge is -2.29. The Labute approximate surface area is 248 Å². The predicted octanol–water partition coefficient (Wildman–Crippen LogP) is 7.42. The first-order valence-electron chi connectivity index (χ1n) is 14.9. The molecule has 0 spiro atoms. The zero-order valence-corrected chi connectivity index (χ0v) is 24.8. The molecule has 1 aliphatic heterocycles. The van der Waals surface area contributed by atoms with Gasteiger partial charge in [0.1, 0.15) is 12.3 Å². The molecule has 42 heavy (non-hydrogen) atoms. The van der Waals surface area contributed by atoms with Crippen LogP contribution in [0.2, 0.25) is 0 Å². The zero-order valence-electron chi connectivity index (χ0n) is 24.8. The molecule has 0 radical (unpaired) electrons. The van der Waals surface area contributed by atoms with Crippen molar-refractivity contribution in [2.45, 2.75) is 39.3 Å². The van der Waals surface area contributed by atoms with E-state index < -0.39 is 0 Å². The van der Waals surface area contributed by atoms with Crippen LogP contribution in [0.4, 0.5) is 5.69 Å². The maximum absolute atomic E-state index is 14.1. The summed E-state index contributed by atoms with van der Waals surface area (Å²) in [5.41, 5.74) is 8.17. The van der Waals surface area contributed by atoms with Crippen molar-refractivity contribution < 1.29 is 9.53 Å². The van der Waals surface area contributed by atoms with Crippen molar-refractivity contribution in [1.29, 1.82) is 0 Å². The van der Waals surface area contributed by atoms with E-state index in [0.29, 0.717) is 12.2 Å². The fourth-order valence-electron chi connectivity index (χ4n) is 5.86. The molecule has 2 heterocycles. The fraction of sp³-hybridized carbons (Fsp3) is 0.270. The number of ether oxygens (including phenoxy) is 1. The Balaban J connectivity index is 1.45. The topological polar surface area (TPSA) is 46.5 Å². The smallest absolute Gasteiger partial charge is 0.355 e. The van der Waals surface area contributed by atoms with Gasteiger partial charge in [-0.05, 0) is 45.9 Å². The minimum Gasteiger partial charge on any atom is -0.456 e. The Hall–Kier alpha value is -4.35. The summed E-state index contributed by atoms with van der Waals surface area (Å²) in [5, 5.41) is 4.48. The third-order valence-electron chi connectivity index (χ3n) is 8.15. The van der Waals surface area contributed by atoms with Crippen LogP contribution in [0.25, 0.3) is 22.0 Å². The van der Waals surface area contributed by atoms with Crippen molar-refractivity contribution in [2.24, 2.45) is 0 Å². The van der Waals surface area contributed by atoms with Crippen molar-refractivity contribution in [3.8, 4) is 11.1 Å². The minimum absolute atomic E-state index is 0.0411. The average Bonchev–Trinajstić information content (AvgIpc) is 3.34. The monoisotopic (exact) mass is 557 g/mol. The molecule has 0 aliphatic carbocycles. The van der Waals surface area contributed by atoms with E-state index in [1.165, 1.54) is 11.3 Å². The molecule has 1 fully saturated rings. The Kier molecular flexibility index (Phi) is 7.86. The fourth-order valence-corrected chi connectivity index (χ4v) is 5.86. The van der Waals surface area contributed by atoms with Crippen LogP contribution in [-0.2, 0) is 23.3 Å². The van der Waals surface area contributed by atoms with Gasteiger partial charge in [-0.1, -0.05) is 106 Å². The van der Waals surface area contributed by atoms with Gasteiger partial charge < -0.3 is 19.5 Å². The van der Waals surface area contributed by atoms with E-state index in [-0.39, 0.29) is 18.0 Å². The van der Waals surface area contributed by atoms with Gasteiger partial charge in [-0.3, -0.25) is 0 Å². The summed E-state index contributed by atoms with van der Waals surface area (Å²) in [6, 6.07) is 35.5. The number of anilines is 1. The van der Waals surface area contributed by atoms with Crippen molar-refractivity contribution in [3.05, 3.63) is 126 Å². The molecule has 1 N–H and O–H groups in total. The summed E-state index contributed by atoms with van der Waals surface area (Å²) >= 11 is 0. The number of benzene rings is 4. The lowest BCUT2D eigenvalue weighted by atomic mass is 9.86. The highest BCUT2D eigenvalue weighted by Gasteiger charge is 2.26. The number of carbonyl (C=O) groups is 1. The molecule has 0 atom stereocenters. The van der Waals surface area contributed by atoms with Gasteiger partial charge >= 0.3 is 5.97 Å². The molecule has 214 valence electrons.